The third kappa shape index (κ3) is 2.68. The van der Waals surface area contributed by atoms with Crippen molar-refractivity contribution in [3.05, 3.63) is 58.8 Å². The molecule has 118 valence electrons. The summed E-state index contributed by atoms with van der Waals surface area (Å²) in [4.78, 5) is 21.5. The van der Waals surface area contributed by atoms with Crippen molar-refractivity contribution in [1.82, 2.24) is 19.3 Å². The lowest BCUT2D eigenvalue weighted by atomic mass is 9.89. The van der Waals surface area contributed by atoms with Crippen molar-refractivity contribution < 1.29 is 0 Å². The number of hydrogen-bond acceptors (Lipinski definition) is 3. The smallest absolute Gasteiger partial charge is 0.306 e. The van der Waals surface area contributed by atoms with Gasteiger partial charge >= 0.3 is 5.69 Å². The molecular weight excluding hydrogens is 288 g/mol. The van der Waals surface area contributed by atoms with E-state index in [1.165, 1.54) is 22.8 Å². The second-order valence-electron chi connectivity index (χ2n) is 6.34. The van der Waals surface area contributed by atoms with Gasteiger partial charge in [0.1, 0.15) is 5.65 Å². The van der Waals surface area contributed by atoms with Gasteiger partial charge < -0.3 is 9.88 Å². The number of likely N-dealkylation sites (tertiary alicyclic amines) is 1. The van der Waals surface area contributed by atoms with E-state index in [0.29, 0.717) is 11.6 Å². The number of hydrogen-bond donors (Lipinski definition) is 1. The number of nitrogens with one attached hydrogen (secondary N) is 1. The summed E-state index contributed by atoms with van der Waals surface area (Å²) >= 11 is 0. The number of imidazole rings is 1. The van der Waals surface area contributed by atoms with Crippen LogP contribution < -0.4 is 5.69 Å². The molecule has 0 bridgehead atoms. The van der Waals surface area contributed by atoms with E-state index in [4.69, 9.17) is 0 Å². The number of fused-ring (bicyclic) bond motifs is 1. The number of nitrogens with zero attached hydrogens (tertiary/aromatic N) is 3. The lowest BCUT2D eigenvalue weighted by Gasteiger charge is -2.29. The molecule has 0 amide bonds. The Hall–Kier alpha value is -2.40. The maximum Gasteiger partial charge on any atom is 0.331 e. The Labute approximate surface area is 134 Å². The maximum atomic E-state index is 12.0. The second-order valence-corrected chi connectivity index (χ2v) is 6.34. The van der Waals surface area contributed by atoms with Crippen LogP contribution in [-0.4, -0.2) is 39.4 Å². The Morgan fingerprint density at radius 2 is 1.91 bits per heavy atom. The molecule has 1 N–H and O–H groups in total. The molecular formula is C18H20N4O. The SMILES string of the molecule is CN1CCC(c2ccc(-c3cc4nccn4c(=O)[nH]3)cc2)CC1. The van der Waals surface area contributed by atoms with Gasteiger partial charge in [-0.15, -0.1) is 0 Å². The van der Waals surface area contributed by atoms with E-state index in [0.717, 1.165) is 24.3 Å². The number of piperidine rings is 1. The monoisotopic (exact) mass is 308 g/mol. The van der Waals surface area contributed by atoms with Crippen LogP contribution in [0.25, 0.3) is 16.9 Å². The average molecular weight is 308 g/mol. The highest BCUT2D eigenvalue weighted by Crippen LogP contribution is 2.29. The van der Waals surface area contributed by atoms with Crippen molar-refractivity contribution in [2.45, 2.75) is 18.8 Å². The summed E-state index contributed by atoms with van der Waals surface area (Å²) in [7, 11) is 2.18. The highest BCUT2D eigenvalue weighted by Gasteiger charge is 2.18. The fraction of sp³-hybridized carbons (Fsp3) is 0.333. The quantitative estimate of drug-likeness (QED) is 0.791. The molecule has 0 aliphatic carbocycles. The van der Waals surface area contributed by atoms with Crippen molar-refractivity contribution in [3.63, 3.8) is 0 Å². The zero-order chi connectivity index (χ0) is 15.8. The number of rotatable bonds is 2. The van der Waals surface area contributed by atoms with Crippen LogP contribution in [0.5, 0.6) is 0 Å². The van der Waals surface area contributed by atoms with E-state index in [9.17, 15) is 4.79 Å². The van der Waals surface area contributed by atoms with Crippen LogP contribution in [0.3, 0.4) is 0 Å². The normalized spacial score (nSPS) is 16.9. The van der Waals surface area contributed by atoms with Crippen molar-refractivity contribution in [2.24, 2.45) is 0 Å². The Balaban J connectivity index is 1.63. The zero-order valence-electron chi connectivity index (χ0n) is 13.2. The van der Waals surface area contributed by atoms with Gasteiger partial charge in [-0.25, -0.2) is 9.78 Å². The molecule has 0 spiro atoms. The summed E-state index contributed by atoms with van der Waals surface area (Å²) in [6, 6.07) is 10.5. The van der Waals surface area contributed by atoms with Gasteiger partial charge in [-0.1, -0.05) is 24.3 Å². The summed E-state index contributed by atoms with van der Waals surface area (Å²) in [6.45, 7) is 2.33. The Bertz CT molecular complexity index is 870. The molecule has 1 aliphatic heterocycles. The molecule has 1 aromatic carbocycles. The highest BCUT2D eigenvalue weighted by atomic mass is 16.1. The van der Waals surface area contributed by atoms with Crippen LogP contribution in [0.2, 0.25) is 0 Å². The van der Waals surface area contributed by atoms with E-state index in [1.807, 2.05) is 6.07 Å². The van der Waals surface area contributed by atoms with Crippen molar-refractivity contribution >= 4 is 5.65 Å². The Morgan fingerprint density at radius 1 is 1.17 bits per heavy atom. The lowest BCUT2D eigenvalue weighted by Crippen LogP contribution is -2.29. The highest BCUT2D eigenvalue weighted by molar-refractivity contribution is 5.63. The average Bonchev–Trinajstić information content (AvgIpc) is 3.05. The van der Waals surface area contributed by atoms with E-state index in [2.05, 4.69) is 46.2 Å². The number of aromatic nitrogens is 3. The topological polar surface area (TPSA) is 53.4 Å². The molecule has 3 heterocycles. The van der Waals surface area contributed by atoms with Gasteiger partial charge in [-0.3, -0.25) is 4.40 Å². The second kappa shape index (κ2) is 5.66. The largest absolute Gasteiger partial charge is 0.331 e. The third-order valence-corrected chi connectivity index (χ3v) is 4.81. The summed E-state index contributed by atoms with van der Waals surface area (Å²) in [6.07, 6.45) is 5.73. The van der Waals surface area contributed by atoms with Gasteiger partial charge in [0.25, 0.3) is 0 Å². The summed E-state index contributed by atoms with van der Waals surface area (Å²) < 4.78 is 1.51. The van der Waals surface area contributed by atoms with Crippen molar-refractivity contribution in [2.75, 3.05) is 20.1 Å². The minimum absolute atomic E-state index is 0.158. The van der Waals surface area contributed by atoms with E-state index < -0.39 is 0 Å². The number of benzene rings is 1. The van der Waals surface area contributed by atoms with E-state index in [1.54, 1.807) is 12.4 Å². The minimum Gasteiger partial charge on any atom is -0.306 e. The standard InChI is InChI=1S/C18H20N4O/c1-21-9-6-14(7-10-21)13-2-4-15(5-3-13)16-12-17-19-8-11-22(17)18(23)20-16/h2-5,8,11-12,14H,6-7,9-10H2,1H3,(H,20,23). The fourth-order valence-corrected chi connectivity index (χ4v) is 3.37. The molecule has 5 heteroatoms. The van der Waals surface area contributed by atoms with Gasteiger partial charge in [0, 0.05) is 18.5 Å². The molecule has 0 unspecified atom stereocenters. The molecule has 0 atom stereocenters. The lowest BCUT2D eigenvalue weighted by molar-refractivity contribution is 0.255. The van der Waals surface area contributed by atoms with E-state index >= 15 is 0 Å². The third-order valence-electron chi connectivity index (χ3n) is 4.81. The van der Waals surface area contributed by atoms with Gasteiger partial charge in [-0.2, -0.15) is 0 Å². The van der Waals surface area contributed by atoms with Crippen molar-refractivity contribution in [1.29, 1.82) is 0 Å². The maximum absolute atomic E-state index is 12.0. The first kappa shape index (κ1) is 14.2. The molecule has 1 fully saturated rings. The van der Waals surface area contributed by atoms with Crippen LogP contribution in [0.4, 0.5) is 0 Å². The number of H-pyrrole nitrogens is 1. The van der Waals surface area contributed by atoms with Crippen LogP contribution in [-0.2, 0) is 0 Å². The summed E-state index contributed by atoms with van der Waals surface area (Å²) in [5, 5.41) is 0. The zero-order valence-corrected chi connectivity index (χ0v) is 13.2. The van der Waals surface area contributed by atoms with Crippen LogP contribution in [0, 0.1) is 0 Å². The Morgan fingerprint density at radius 3 is 2.65 bits per heavy atom. The number of aromatic amines is 1. The summed E-state index contributed by atoms with van der Waals surface area (Å²) in [5.74, 6) is 0.647. The van der Waals surface area contributed by atoms with Gasteiger partial charge in [0.05, 0.1) is 5.69 Å². The van der Waals surface area contributed by atoms with Crippen LogP contribution in [0.15, 0.2) is 47.5 Å². The molecule has 3 aromatic rings. The first-order valence-electron chi connectivity index (χ1n) is 8.06. The predicted octanol–water partition coefficient (Wildman–Crippen LogP) is 2.50. The molecule has 0 saturated carbocycles. The fourth-order valence-electron chi connectivity index (χ4n) is 3.37. The first-order valence-corrected chi connectivity index (χ1v) is 8.06. The molecule has 2 aromatic heterocycles. The first-order chi connectivity index (χ1) is 11.2. The molecule has 4 rings (SSSR count). The van der Waals surface area contributed by atoms with Crippen LogP contribution in [0.1, 0.15) is 24.3 Å². The van der Waals surface area contributed by atoms with Gasteiger partial charge in [-0.05, 0) is 50.0 Å². The molecule has 1 saturated heterocycles. The van der Waals surface area contributed by atoms with Crippen LogP contribution >= 0.6 is 0 Å². The minimum atomic E-state index is -0.158. The van der Waals surface area contributed by atoms with Gasteiger partial charge in [0.15, 0.2) is 0 Å². The Kier molecular flexibility index (Phi) is 3.50. The summed E-state index contributed by atoms with van der Waals surface area (Å²) in [5.41, 5.74) is 3.73. The molecule has 5 nitrogen and oxygen atoms in total. The van der Waals surface area contributed by atoms with E-state index in [-0.39, 0.29) is 5.69 Å². The predicted molar refractivity (Wildman–Crippen MR) is 90.7 cm³/mol. The van der Waals surface area contributed by atoms with Crippen molar-refractivity contribution in [3.8, 4) is 11.3 Å². The van der Waals surface area contributed by atoms with Gasteiger partial charge in [0.2, 0.25) is 0 Å². The molecule has 0 radical (unpaired) electrons. The molecule has 1 aliphatic rings. The molecule has 23 heavy (non-hydrogen) atoms.